The number of likely N-dealkylation sites (N-methyl/N-ethyl adjacent to an activating group) is 1. The second-order valence-electron chi connectivity index (χ2n) is 10.7. The summed E-state index contributed by atoms with van der Waals surface area (Å²) >= 11 is 0. The summed E-state index contributed by atoms with van der Waals surface area (Å²) in [5.74, 6) is -0.743. The van der Waals surface area contributed by atoms with Crippen molar-refractivity contribution in [2.45, 2.75) is 57.3 Å². The first-order valence-electron chi connectivity index (χ1n) is 12.8. The smallest absolute Gasteiger partial charge is 0.416 e. The number of esters is 1. The lowest BCUT2D eigenvalue weighted by Crippen LogP contribution is -2.46. The highest BCUT2D eigenvalue weighted by Crippen LogP contribution is 2.44. The van der Waals surface area contributed by atoms with E-state index in [9.17, 15) is 22.8 Å². The van der Waals surface area contributed by atoms with Crippen molar-refractivity contribution in [3.63, 3.8) is 0 Å². The van der Waals surface area contributed by atoms with Crippen LogP contribution in [0.1, 0.15) is 55.4 Å². The van der Waals surface area contributed by atoms with E-state index in [1.54, 1.807) is 20.8 Å². The molecule has 1 atom stereocenters. The lowest BCUT2D eigenvalue weighted by Gasteiger charge is -2.30. The predicted octanol–water partition coefficient (Wildman–Crippen LogP) is 7.23. The first kappa shape index (κ1) is 28.2. The third kappa shape index (κ3) is 6.61. The number of nitrogens with zero attached hydrogens (tertiary/aromatic N) is 1. The monoisotopic (exact) mass is 539 g/mol. The summed E-state index contributed by atoms with van der Waals surface area (Å²) in [5.41, 5.74) is 3.42. The van der Waals surface area contributed by atoms with Gasteiger partial charge in [0.25, 0.3) is 0 Å². The molecule has 5 nitrogen and oxygen atoms in total. The fourth-order valence-electron chi connectivity index (χ4n) is 4.83. The van der Waals surface area contributed by atoms with E-state index in [1.807, 2.05) is 48.5 Å². The Hall–Kier alpha value is -3.81. The Balaban J connectivity index is 1.47. The summed E-state index contributed by atoms with van der Waals surface area (Å²) in [6.07, 6.45) is -4.69. The van der Waals surface area contributed by atoms with Gasteiger partial charge in [-0.15, -0.1) is 0 Å². The molecule has 1 aliphatic carbocycles. The van der Waals surface area contributed by atoms with E-state index in [4.69, 9.17) is 9.47 Å². The van der Waals surface area contributed by atoms with Gasteiger partial charge in [-0.2, -0.15) is 13.2 Å². The maximum atomic E-state index is 13.2. The van der Waals surface area contributed by atoms with Crippen LogP contribution in [-0.4, -0.2) is 42.3 Å². The Kier molecular flexibility index (Phi) is 8.04. The average Bonchev–Trinajstić information content (AvgIpc) is 3.19. The Morgan fingerprint density at radius 2 is 1.41 bits per heavy atom. The second-order valence-corrected chi connectivity index (χ2v) is 10.7. The summed E-state index contributed by atoms with van der Waals surface area (Å²) < 4.78 is 50.0. The van der Waals surface area contributed by atoms with E-state index in [1.165, 1.54) is 24.1 Å². The molecule has 3 aromatic rings. The van der Waals surface area contributed by atoms with E-state index in [0.29, 0.717) is 5.56 Å². The maximum Gasteiger partial charge on any atom is 0.416 e. The van der Waals surface area contributed by atoms with Crippen molar-refractivity contribution in [1.82, 2.24) is 4.90 Å². The van der Waals surface area contributed by atoms with Gasteiger partial charge in [0, 0.05) is 13.0 Å². The highest BCUT2D eigenvalue weighted by atomic mass is 19.4. The first-order valence-corrected chi connectivity index (χ1v) is 12.8. The molecule has 0 aromatic heterocycles. The van der Waals surface area contributed by atoms with Gasteiger partial charge in [-0.05, 0) is 73.6 Å². The van der Waals surface area contributed by atoms with E-state index in [0.717, 1.165) is 34.4 Å². The van der Waals surface area contributed by atoms with Gasteiger partial charge in [-0.25, -0.2) is 9.59 Å². The summed E-state index contributed by atoms with van der Waals surface area (Å²) in [5, 5.41) is 0. The second kappa shape index (κ2) is 11.1. The predicted molar refractivity (Wildman–Crippen MR) is 142 cm³/mol. The number of carbonyl (C=O) groups is 2. The number of rotatable bonds is 7. The maximum absolute atomic E-state index is 13.2. The molecule has 0 fully saturated rings. The topological polar surface area (TPSA) is 55.8 Å². The zero-order valence-corrected chi connectivity index (χ0v) is 22.4. The summed E-state index contributed by atoms with van der Waals surface area (Å²) in [4.78, 5) is 27.5. The van der Waals surface area contributed by atoms with Crippen molar-refractivity contribution in [3.8, 4) is 11.1 Å². The molecule has 0 spiro atoms. The van der Waals surface area contributed by atoms with Crippen molar-refractivity contribution in [2.75, 3.05) is 13.7 Å². The number of fused-ring (bicyclic) bond motifs is 3. The van der Waals surface area contributed by atoms with Gasteiger partial charge >= 0.3 is 18.2 Å². The minimum Gasteiger partial charge on any atom is -0.458 e. The standard InChI is InChI=1S/C31H32F3NO4/c1-30(2,3)39-28(36)27(18-15-20-13-16-21(17-14-20)31(32,33)34)35(4)29(37)38-19-26-24-11-7-5-9-22(24)23-10-6-8-12-25(23)26/h5-14,16-17,26-27H,15,18-19H2,1-4H3. The molecule has 0 radical (unpaired) electrons. The Morgan fingerprint density at radius 1 is 0.872 bits per heavy atom. The largest absolute Gasteiger partial charge is 0.458 e. The quantitative estimate of drug-likeness (QED) is 0.297. The van der Waals surface area contributed by atoms with Gasteiger partial charge in [0.2, 0.25) is 0 Å². The molecule has 0 N–H and O–H groups in total. The molecule has 206 valence electrons. The summed E-state index contributed by atoms with van der Waals surface area (Å²) in [7, 11) is 1.47. The van der Waals surface area contributed by atoms with Crippen LogP contribution in [-0.2, 0) is 26.9 Å². The molecule has 39 heavy (non-hydrogen) atoms. The Morgan fingerprint density at radius 3 is 1.92 bits per heavy atom. The molecule has 8 heteroatoms. The number of hydrogen-bond acceptors (Lipinski definition) is 4. The summed E-state index contributed by atoms with van der Waals surface area (Å²) in [6.45, 7) is 5.28. The van der Waals surface area contributed by atoms with E-state index in [-0.39, 0.29) is 25.4 Å². The van der Waals surface area contributed by atoms with Crippen LogP contribution < -0.4 is 0 Å². The van der Waals surface area contributed by atoms with Crippen LogP contribution in [0.15, 0.2) is 72.8 Å². The van der Waals surface area contributed by atoms with Gasteiger partial charge in [0.05, 0.1) is 5.56 Å². The molecular weight excluding hydrogens is 507 g/mol. The summed E-state index contributed by atoms with van der Waals surface area (Å²) in [6, 6.07) is 19.8. The van der Waals surface area contributed by atoms with Crippen molar-refractivity contribution in [3.05, 3.63) is 95.1 Å². The van der Waals surface area contributed by atoms with Gasteiger partial charge < -0.3 is 9.47 Å². The van der Waals surface area contributed by atoms with E-state index in [2.05, 4.69) is 0 Å². The number of hydrogen-bond donors (Lipinski definition) is 0. The third-order valence-corrected chi connectivity index (χ3v) is 6.76. The first-order chi connectivity index (χ1) is 18.3. The zero-order chi connectivity index (χ0) is 28.4. The number of aryl methyl sites for hydroxylation is 1. The van der Waals surface area contributed by atoms with Crippen molar-refractivity contribution in [2.24, 2.45) is 0 Å². The molecule has 1 unspecified atom stereocenters. The number of amides is 1. The zero-order valence-electron chi connectivity index (χ0n) is 22.4. The van der Waals surface area contributed by atoms with Crippen LogP contribution in [0.25, 0.3) is 11.1 Å². The number of benzene rings is 3. The van der Waals surface area contributed by atoms with Gasteiger partial charge in [0.1, 0.15) is 18.2 Å². The van der Waals surface area contributed by atoms with Crippen LogP contribution >= 0.6 is 0 Å². The van der Waals surface area contributed by atoms with Crippen molar-refractivity contribution < 1.29 is 32.2 Å². The minimum atomic E-state index is -4.43. The molecule has 1 amide bonds. The lowest BCUT2D eigenvalue weighted by atomic mass is 9.98. The number of alkyl halides is 3. The van der Waals surface area contributed by atoms with E-state index >= 15 is 0 Å². The van der Waals surface area contributed by atoms with Gasteiger partial charge in [-0.3, -0.25) is 4.90 Å². The molecule has 0 bridgehead atoms. The minimum absolute atomic E-state index is 0.0944. The Labute approximate surface area is 226 Å². The van der Waals surface area contributed by atoms with Crippen LogP contribution in [0.2, 0.25) is 0 Å². The lowest BCUT2D eigenvalue weighted by molar-refractivity contribution is -0.160. The van der Waals surface area contributed by atoms with Crippen molar-refractivity contribution in [1.29, 1.82) is 0 Å². The SMILES string of the molecule is CN(C(=O)OCC1c2ccccc2-c2ccccc21)C(CCc1ccc(C(F)(F)F)cc1)C(=O)OC(C)(C)C. The fourth-order valence-corrected chi connectivity index (χ4v) is 4.83. The molecule has 3 aromatic carbocycles. The van der Waals surface area contributed by atoms with Crippen LogP contribution in [0.4, 0.5) is 18.0 Å². The molecule has 0 saturated carbocycles. The number of halogens is 3. The van der Waals surface area contributed by atoms with Gasteiger partial charge in [-0.1, -0.05) is 60.7 Å². The van der Waals surface area contributed by atoms with Crippen LogP contribution in [0, 0.1) is 0 Å². The molecule has 4 rings (SSSR count). The van der Waals surface area contributed by atoms with Crippen LogP contribution in [0.5, 0.6) is 0 Å². The number of carbonyl (C=O) groups excluding carboxylic acids is 2. The molecule has 1 aliphatic rings. The van der Waals surface area contributed by atoms with Crippen LogP contribution in [0.3, 0.4) is 0 Å². The fraction of sp³-hybridized carbons (Fsp3) is 0.355. The van der Waals surface area contributed by atoms with E-state index < -0.39 is 35.4 Å². The highest BCUT2D eigenvalue weighted by Gasteiger charge is 2.34. The molecule has 0 aliphatic heterocycles. The molecule has 0 heterocycles. The van der Waals surface area contributed by atoms with Crippen molar-refractivity contribution >= 4 is 12.1 Å². The third-order valence-electron chi connectivity index (χ3n) is 6.76. The number of ether oxygens (including phenoxy) is 2. The average molecular weight is 540 g/mol. The normalized spacial score (nSPS) is 13.8. The molecular formula is C31H32F3NO4. The highest BCUT2D eigenvalue weighted by molar-refractivity contribution is 5.82. The van der Waals surface area contributed by atoms with Gasteiger partial charge in [0.15, 0.2) is 0 Å². The Bertz CT molecular complexity index is 1280. The molecule has 0 saturated heterocycles.